The lowest BCUT2D eigenvalue weighted by Gasteiger charge is -2.26. The van der Waals surface area contributed by atoms with Gasteiger partial charge in [0.05, 0.1) is 23.3 Å². The second kappa shape index (κ2) is 5.17. The lowest BCUT2D eigenvalue weighted by Crippen LogP contribution is -2.35. The van der Waals surface area contributed by atoms with Crippen LogP contribution in [0.25, 0.3) is 0 Å². The fraction of sp³-hybridized carbons (Fsp3) is 0.455. The zero-order valence-corrected chi connectivity index (χ0v) is 9.89. The summed E-state index contributed by atoms with van der Waals surface area (Å²) in [6, 6.07) is 5.79. The van der Waals surface area contributed by atoms with E-state index in [4.69, 9.17) is 27.9 Å². The molecule has 1 aliphatic rings. The third-order valence-electron chi connectivity index (χ3n) is 2.49. The molecule has 0 saturated carbocycles. The van der Waals surface area contributed by atoms with Crippen molar-refractivity contribution in [1.82, 2.24) is 4.90 Å². The van der Waals surface area contributed by atoms with Crippen LogP contribution < -0.4 is 0 Å². The molecule has 1 fully saturated rings. The van der Waals surface area contributed by atoms with Crippen LogP contribution in [0.4, 0.5) is 0 Å². The van der Waals surface area contributed by atoms with Crippen LogP contribution >= 0.6 is 23.2 Å². The SMILES string of the molecule is Clc1ccc(CN2CCOCC2)cc1Cl. The zero-order chi connectivity index (χ0) is 10.7. The van der Waals surface area contributed by atoms with Crippen LogP contribution in [0, 0.1) is 0 Å². The number of hydrogen-bond donors (Lipinski definition) is 0. The Morgan fingerprint density at radius 3 is 2.53 bits per heavy atom. The van der Waals surface area contributed by atoms with Gasteiger partial charge in [-0.25, -0.2) is 0 Å². The van der Waals surface area contributed by atoms with Crippen LogP contribution in [0.2, 0.25) is 10.0 Å². The van der Waals surface area contributed by atoms with Gasteiger partial charge in [0, 0.05) is 19.6 Å². The molecule has 1 aliphatic heterocycles. The summed E-state index contributed by atoms with van der Waals surface area (Å²) in [5.41, 5.74) is 1.20. The predicted octanol–water partition coefficient (Wildman–Crippen LogP) is 2.83. The van der Waals surface area contributed by atoms with Gasteiger partial charge < -0.3 is 4.74 Å². The second-order valence-corrected chi connectivity index (χ2v) is 4.45. The highest BCUT2D eigenvalue weighted by Crippen LogP contribution is 2.23. The first-order valence-corrected chi connectivity index (χ1v) is 5.75. The van der Waals surface area contributed by atoms with E-state index in [9.17, 15) is 0 Å². The summed E-state index contributed by atoms with van der Waals surface area (Å²) in [4.78, 5) is 2.35. The lowest BCUT2D eigenvalue weighted by atomic mass is 10.2. The largest absolute Gasteiger partial charge is 0.379 e. The lowest BCUT2D eigenvalue weighted by molar-refractivity contribution is 0.0342. The van der Waals surface area contributed by atoms with Crippen LogP contribution in [0.5, 0.6) is 0 Å². The molecule has 0 bridgehead atoms. The van der Waals surface area contributed by atoms with E-state index in [2.05, 4.69) is 4.90 Å². The molecule has 0 aliphatic carbocycles. The quantitative estimate of drug-likeness (QED) is 0.795. The summed E-state index contributed by atoms with van der Waals surface area (Å²) in [6.45, 7) is 4.53. The Kier molecular flexibility index (Phi) is 3.87. The Balaban J connectivity index is 2.00. The number of ether oxygens (including phenoxy) is 1. The van der Waals surface area contributed by atoms with E-state index in [1.807, 2.05) is 18.2 Å². The Hall–Kier alpha value is -0.280. The minimum absolute atomic E-state index is 0.613. The molecule has 0 aromatic heterocycles. The molecule has 0 radical (unpaired) electrons. The summed E-state index contributed by atoms with van der Waals surface area (Å²) >= 11 is 11.8. The van der Waals surface area contributed by atoms with Crippen LogP contribution in [-0.4, -0.2) is 31.2 Å². The second-order valence-electron chi connectivity index (χ2n) is 3.64. The van der Waals surface area contributed by atoms with Crippen molar-refractivity contribution in [2.24, 2.45) is 0 Å². The first-order chi connectivity index (χ1) is 7.25. The van der Waals surface area contributed by atoms with Crippen molar-refractivity contribution in [1.29, 1.82) is 0 Å². The molecule has 1 saturated heterocycles. The highest BCUT2D eigenvalue weighted by atomic mass is 35.5. The Morgan fingerprint density at radius 2 is 1.87 bits per heavy atom. The minimum atomic E-state index is 0.613. The molecule has 2 rings (SSSR count). The van der Waals surface area contributed by atoms with E-state index < -0.39 is 0 Å². The van der Waals surface area contributed by atoms with Gasteiger partial charge in [-0.1, -0.05) is 29.3 Å². The average molecular weight is 246 g/mol. The van der Waals surface area contributed by atoms with Crippen molar-refractivity contribution in [3.05, 3.63) is 33.8 Å². The summed E-state index contributed by atoms with van der Waals surface area (Å²) in [6.07, 6.45) is 0. The summed E-state index contributed by atoms with van der Waals surface area (Å²) in [5.74, 6) is 0. The molecular formula is C11H13Cl2NO. The maximum absolute atomic E-state index is 5.96. The number of benzene rings is 1. The highest BCUT2D eigenvalue weighted by molar-refractivity contribution is 6.42. The fourth-order valence-corrected chi connectivity index (χ4v) is 1.98. The van der Waals surface area contributed by atoms with E-state index in [-0.39, 0.29) is 0 Å². The minimum Gasteiger partial charge on any atom is -0.379 e. The van der Waals surface area contributed by atoms with Gasteiger partial charge in [-0.05, 0) is 17.7 Å². The summed E-state index contributed by atoms with van der Waals surface area (Å²) in [7, 11) is 0. The Morgan fingerprint density at radius 1 is 1.13 bits per heavy atom. The van der Waals surface area contributed by atoms with Crippen molar-refractivity contribution >= 4 is 23.2 Å². The van der Waals surface area contributed by atoms with E-state index in [1.54, 1.807) is 0 Å². The maximum atomic E-state index is 5.96. The Labute approximate surface area is 99.7 Å². The highest BCUT2D eigenvalue weighted by Gasteiger charge is 2.11. The zero-order valence-electron chi connectivity index (χ0n) is 8.38. The van der Waals surface area contributed by atoms with Crippen LogP contribution in [0.15, 0.2) is 18.2 Å². The van der Waals surface area contributed by atoms with Crippen molar-refractivity contribution in [2.45, 2.75) is 6.54 Å². The molecular weight excluding hydrogens is 233 g/mol. The molecule has 4 heteroatoms. The van der Waals surface area contributed by atoms with Gasteiger partial charge in [-0.3, -0.25) is 4.90 Å². The van der Waals surface area contributed by atoms with Crippen molar-refractivity contribution < 1.29 is 4.74 Å². The molecule has 0 unspecified atom stereocenters. The number of hydrogen-bond acceptors (Lipinski definition) is 2. The first-order valence-electron chi connectivity index (χ1n) is 5.00. The molecule has 1 heterocycles. The van der Waals surface area contributed by atoms with E-state index in [1.165, 1.54) is 5.56 Å². The molecule has 1 aromatic carbocycles. The molecule has 0 spiro atoms. The van der Waals surface area contributed by atoms with Gasteiger partial charge in [-0.15, -0.1) is 0 Å². The molecule has 0 N–H and O–H groups in total. The molecule has 0 atom stereocenters. The number of rotatable bonds is 2. The summed E-state index contributed by atoms with van der Waals surface area (Å²) in [5, 5.41) is 1.24. The maximum Gasteiger partial charge on any atom is 0.0595 e. The third kappa shape index (κ3) is 3.08. The molecule has 2 nitrogen and oxygen atoms in total. The van der Waals surface area contributed by atoms with Gasteiger partial charge in [0.25, 0.3) is 0 Å². The van der Waals surface area contributed by atoms with E-state index in [0.717, 1.165) is 32.8 Å². The topological polar surface area (TPSA) is 12.5 Å². The van der Waals surface area contributed by atoms with Crippen LogP contribution in [-0.2, 0) is 11.3 Å². The van der Waals surface area contributed by atoms with E-state index >= 15 is 0 Å². The monoisotopic (exact) mass is 245 g/mol. The molecule has 1 aromatic rings. The number of halogens is 2. The molecule has 15 heavy (non-hydrogen) atoms. The smallest absolute Gasteiger partial charge is 0.0595 e. The van der Waals surface area contributed by atoms with Gasteiger partial charge >= 0.3 is 0 Å². The van der Waals surface area contributed by atoms with Gasteiger partial charge in [0.2, 0.25) is 0 Å². The predicted molar refractivity (Wildman–Crippen MR) is 62.6 cm³/mol. The van der Waals surface area contributed by atoms with Crippen molar-refractivity contribution in [2.75, 3.05) is 26.3 Å². The summed E-state index contributed by atoms with van der Waals surface area (Å²) < 4.78 is 5.29. The van der Waals surface area contributed by atoms with E-state index in [0.29, 0.717) is 10.0 Å². The van der Waals surface area contributed by atoms with Crippen molar-refractivity contribution in [3.8, 4) is 0 Å². The number of nitrogens with zero attached hydrogens (tertiary/aromatic N) is 1. The van der Waals surface area contributed by atoms with Gasteiger partial charge in [-0.2, -0.15) is 0 Å². The molecule has 0 amide bonds. The van der Waals surface area contributed by atoms with Crippen molar-refractivity contribution in [3.63, 3.8) is 0 Å². The van der Waals surface area contributed by atoms with Gasteiger partial charge in [0.15, 0.2) is 0 Å². The normalized spacial score (nSPS) is 18.0. The van der Waals surface area contributed by atoms with Crippen LogP contribution in [0.3, 0.4) is 0 Å². The third-order valence-corrected chi connectivity index (χ3v) is 3.23. The molecule has 82 valence electrons. The standard InChI is InChI=1S/C11H13Cl2NO/c12-10-2-1-9(7-11(10)13)8-14-3-5-15-6-4-14/h1-2,7H,3-6,8H2. The van der Waals surface area contributed by atoms with Gasteiger partial charge in [0.1, 0.15) is 0 Å². The number of morpholine rings is 1. The fourth-order valence-electron chi connectivity index (χ4n) is 1.66. The average Bonchev–Trinajstić information content (AvgIpc) is 2.25. The first kappa shape index (κ1) is 11.2. The Bertz CT molecular complexity index is 337. The van der Waals surface area contributed by atoms with Crippen LogP contribution in [0.1, 0.15) is 5.56 Å².